The van der Waals surface area contributed by atoms with Crippen LogP contribution in [-0.2, 0) is 28.6 Å². The molecule has 2 aliphatic carbocycles. The minimum Gasteiger partial charge on any atom is -0.465 e. The molecule has 3 heterocycles. The number of rotatable bonds is 1. The van der Waals surface area contributed by atoms with Crippen LogP contribution >= 0.6 is 0 Å². The second-order valence-electron chi connectivity index (χ2n) is 8.80. The molecule has 0 unspecified atom stereocenters. The number of allylic oxidation sites excluding steroid dienone is 1. The van der Waals surface area contributed by atoms with Crippen molar-refractivity contribution in [1.82, 2.24) is 0 Å². The van der Waals surface area contributed by atoms with Crippen LogP contribution in [0.5, 0.6) is 0 Å². The van der Waals surface area contributed by atoms with E-state index in [4.69, 9.17) is 14.2 Å². The molecule has 2 saturated heterocycles. The zero-order chi connectivity index (χ0) is 18.3. The summed E-state index contributed by atoms with van der Waals surface area (Å²) < 4.78 is 16.9. The van der Waals surface area contributed by atoms with Crippen molar-refractivity contribution in [2.24, 2.45) is 22.7 Å². The Morgan fingerprint density at radius 3 is 2.65 bits per heavy atom. The average Bonchev–Trinajstić information content (AvgIpc) is 3.23. The molecule has 0 N–H and O–H groups in total. The summed E-state index contributed by atoms with van der Waals surface area (Å²) in [4.78, 5) is 36.8. The molecule has 138 valence electrons. The van der Waals surface area contributed by atoms with E-state index in [-0.39, 0.29) is 42.3 Å². The third-order valence-corrected chi connectivity index (χ3v) is 7.69. The van der Waals surface area contributed by atoms with E-state index in [1.807, 2.05) is 0 Å². The maximum Gasteiger partial charge on any atom is 0.331 e. The summed E-state index contributed by atoms with van der Waals surface area (Å²) in [6, 6.07) is 0. The number of hydrogen-bond donors (Lipinski definition) is 0. The largest absolute Gasteiger partial charge is 0.465 e. The molecule has 0 aromatic carbocycles. The number of fused-ring (bicyclic) bond motifs is 2. The number of hydrogen-bond acceptors (Lipinski definition) is 6. The topological polar surface area (TPSA) is 78.9 Å². The third kappa shape index (κ3) is 1.78. The maximum absolute atomic E-state index is 13.0. The van der Waals surface area contributed by atoms with E-state index >= 15 is 0 Å². The van der Waals surface area contributed by atoms with Crippen LogP contribution in [0.1, 0.15) is 33.1 Å². The molecule has 6 heteroatoms. The molecule has 1 spiro atoms. The van der Waals surface area contributed by atoms with E-state index in [0.717, 1.165) is 18.4 Å². The molecule has 0 amide bonds. The van der Waals surface area contributed by atoms with E-state index in [1.54, 1.807) is 12.2 Å². The summed E-state index contributed by atoms with van der Waals surface area (Å²) in [6.45, 7) is 4.73. The molecule has 0 radical (unpaired) electrons. The Labute approximate surface area is 151 Å². The van der Waals surface area contributed by atoms with Crippen LogP contribution in [0, 0.1) is 22.7 Å². The average molecular weight is 358 g/mol. The highest BCUT2D eigenvalue weighted by Gasteiger charge is 2.72. The molecule has 0 aromatic heterocycles. The Balaban J connectivity index is 1.58. The number of carbonyl (C=O) groups excluding carboxylic acids is 3. The lowest BCUT2D eigenvalue weighted by atomic mass is 9.45. The smallest absolute Gasteiger partial charge is 0.331 e. The van der Waals surface area contributed by atoms with Crippen LogP contribution in [0.3, 0.4) is 0 Å². The molecule has 3 aliphatic heterocycles. The van der Waals surface area contributed by atoms with Crippen LogP contribution < -0.4 is 0 Å². The zero-order valence-electron chi connectivity index (χ0n) is 14.9. The summed E-state index contributed by atoms with van der Waals surface area (Å²) in [5.41, 5.74) is -0.547. The second kappa shape index (κ2) is 4.85. The van der Waals surface area contributed by atoms with Crippen LogP contribution in [0.25, 0.3) is 0 Å². The van der Waals surface area contributed by atoms with Crippen molar-refractivity contribution < 1.29 is 28.6 Å². The normalized spacial score (nSPS) is 49.2. The van der Waals surface area contributed by atoms with Gasteiger partial charge in [0.15, 0.2) is 5.78 Å². The van der Waals surface area contributed by atoms with E-state index in [0.29, 0.717) is 13.0 Å². The van der Waals surface area contributed by atoms with E-state index in [1.165, 1.54) is 6.08 Å². The van der Waals surface area contributed by atoms with Gasteiger partial charge in [-0.05, 0) is 32.3 Å². The molecule has 5 aliphatic rings. The SMILES string of the molecule is C[C@@]12C[C@H](C3=CC(=O)OC3)O[C@@]1(C)CC[C@@]13COC(=O)[C@@H]1C=CC(=O)[C@@H]32. The fourth-order valence-corrected chi connectivity index (χ4v) is 6.16. The second-order valence-corrected chi connectivity index (χ2v) is 8.80. The Kier molecular flexibility index (Phi) is 3.03. The van der Waals surface area contributed by atoms with Crippen molar-refractivity contribution >= 4 is 17.7 Å². The van der Waals surface area contributed by atoms with Gasteiger partial charge in [0.05, 0.1) is 24.2 Å². The van der Waals surface area contributed by atoms with Crippen molar-refractivity contribution in [3.05, 3.63) is 23.8 Å². The minimum absolute atomic E-state index is 0.0601. The first-order chi connectivity index (χ1) is 12.3. The predicted molar refractivity (Wildman–Crippen MR) is 88.8 cm³/mol. The monoisotopic (exact) mass is 358 g/mol. The van der Waals surface area contributed by atoms with Gasteiger partial charge in [0.2, 0.25) is 0 Å². The van der Waals surface area contributed by atoms with Crippen molar-refractivity contribution in [2.75, 3.05) is 13.2 Å². The maximum atomic E-state index is 13.0. The van der Waals surface area contributed by atoms with Crippen molar-refractivity contribution in [2.45, 2.75) is 44.8 Å². The van der Waals surface area contributed by atoms with Gasteiger partial charge in [0.1, 0.15) is 6.61 Å². The quantitative estimate of drug-likeness (QED) is 0.664. The van der Waals surface area contributed by atoms with Gasteiger partial charge >= 0.3 is 11.9 Å². The lowest BCUT2D eigenvalue weighted by Gasteiger charge is -2.57. The minimum atomic E-state index is -0.489. The fraction of sp³-hybridized carbons (Fsp3) is 0.650. The van der Waals surface area contributed by atoms with Gasteiger partial charge in [-0.15, -0.1) is 0 Å². The Bertz CT molecular complexity index is 796. The molecule has 6 atom stereocenters. The van der Waals surface area contributed by atoms with E-state index < -0.39 is 16.4 Å². The number of cyclic esters (lactones) is 2. The van der Waals surface area contributed by atoms with Gasteiger partial charge in [0, 0.05) is 28.4 Å². The molecule has 6 nitrogen and oxygen atoms in total. The molecule has 0 bridgehead atoms. The molecule has 3 fully saturated rings. The third-order valence-electron chi connectivity index (χ3n) is 7.69. The zero-order valence-corrected chi connectivity index (χ0v) is 14.9. The van der Waals surface area contributed by atoms with Crippen molar-refractivity contribution in [1.29, 1.82) is 0 Å². The van der Waals surface area contributed by atoms with Gasteiger partial charge in [-0.2, -0.15) is 0 Å². The standard InChI is InChI=1S/C20H22O6/c1-18-8-14(11-7-15(22)24-9-11)26-19(18,2)5-6-20-10-25-17(23)12(20)3-4-13(21)16(18)20/h3-4,7,12,14,16H,5-6,8-10H2,1-2H3/t12-,14+,16+,18-,19-,20+/m0/s1. The highest BCUT2D eigenvalue weighted by atomic mass is 16.6. The molecular formula is C20H22O6. The summed E-state index contributed by atoms with van der Waals surface area (Å²) in [7, 11) is 0. The summed E-state index contributed by atoms with van der Waals surface area (Å²) >= 11 is 0. The van der Waals surface area contributed by atoms with Crippen LogP contribution in [0.15, 0.2) is 23.8 Å². The van der Waals surface area contributed by atoms with Crippen LogP contribution in [0.2, 0.25) is 0 Å². The molecule has 0 aromatic rings. The highest BCUT2D eigenvalue weighted by Crippen LogP contribution is 2.68. The molecule has 26 heavy (non-hydrogen) atoms. The number of carbonyl (C=O) groups is 3. The Morgan fingerprint density at radius 1 is 1.12 bits per heavy atom. The fourth-order valence-electron chi connectivity index (χ4n) is 6.16. The predicted octanol–water partition coefficient (Wildman–Crippen LogP) is 1.73. The molecule has 1 saturated carbocycles. The first kappa shape index (κ1) is 16.2. The van der Waals surface area contributed by atoms with E-state index in [9.17, 15) is 14.4 Å². The first-order valence-corrected chi connectivity index (χ1v) is 9.23. The van der Waals surface area contributed by atoms with E-state index in [2.05, 4.69) is 13.8 Å². The van der Waals surface area contributed by atoms with Gasteiger partial charge in [-0.3, -0.25) is 9.59 Å². The van der Waals surface area contributed by atoms with Crippen LogP contribution in [-0.4, -0.2) is 42.6 Å². The van der Waals surface area contributed by atoms with Gasteiger partial charge < -0.3 is 14.2 Å². The number of ether oxygens (including phenoxy) is 3. The lowest BCUT2D eigenvalue weighted by Crippen LogP contribution is -2.61. The lowest BCUT2D eigenvalue weighted by molar-refractivity contribution is -0.170. The number of ketones is 1. The highest BCUT2D eigenvalue weighted by molar-refractivity contribution is 5.97. The number of esters is 2. The summed E-state index contributed by atoms with van der Waals surface area (Å²) in [6.07, 6.45) is 6.69. The first-order valence-electron chi connectivity index (χ1n) is 9.23. The van der Waals surface area contributed by atoms with Gasteiger partial charge in [0.25, 0.3) is 0 Å². The van der Waals surface area contributed by atoms with Crippen LogP contribution in [0.4, 0.5) is 0 Å². The Hall–Kier alpha value is -1.95. The summed E-state index contributed by atoms with van der Waals surface area (Å²) in [5, 5.41) is 0. The van der Waals surface area contributed by atoms with Crippen molar-refractivity contribution in [3.8, 4) is 0 Å². The summed E-state index contributed by atoms with van der Waals surface area (Å²) in [5.74, 6) is -1.17. The Morgan fingerprint density at radius 2 is 1.92 bits per heavy atom. The molecule has 5 rings (SSSR count). The van der Waals surface area contributed by atoms with Crippen molar-refractivity contribution in [3.63, 3.8) is 0 Å². The van der Waals surface area contributed by atoms with Gasteiger partial charge in [-0.1, -0.05) is 13.0 Å². The molecular weight excluding hydrogens is 336 g/mol. The van der Waals surface area contributed by atoms with Gasteiger partial charge in [-0.25, -0.2) is 4.79 Å².